The number of methoxy groups -OCH3 is 1. The molecule has 1 aromatic carbocycles. The molecule has 1 unspecified atom stereocenters. The van der Waals surface area contributed by atoms with Crippen LogP contribution in [0.15, 0.2) is 24.3 Å². The van der Waals surface area contributed by atoms with Gasteiger partial charge in [-0.15, -0.1) is 0 Å². The molecule has 25 heavy (non-hydrogen) atoms. The van der Waals surface area contributed by atoms with E-state index in [2.05, 4.69) is 6.92 Å². The minimum Gasteiger partial charge on any atom is -0.496 e. The van der Waals surface area contributed by atoms with Crippen LogP contribution in [0.4, 0.5) is 0 Å². The number of hydrogen-bond donors (Lipinski definition) is 0. The first-order valence-corrected chi connectivity index (χ1v) is 9.16. The van der Waals surface area contributed by atoms with Crippen molar-refractivity contribution in [2.45, 2.75) is 39.5 Å². The molecule has 2 amide bonds. The normalized spacial score (nSPS) is 17.2. The molecule has 1 saturated heterocycles. The fourth-order valence-electron chi connectivity index (χ4n) is 3.40. The van der Waals surface area contributed by atoms with Crippen molar-refractivity contribution in [2.75, 3.05) is 33.3 Å². The lowest BCUT2D eigenvalue weighted by molar-refractivity contribution is -0.134. The molecule has 5 nitrogen and oxygen atoms in total. The molecular weight excluding hydrogens is 316 g/mol. The van der Waals surface area contributed by atoms with Crippen LogP contribution in [0, 0.1) is 5.92 Å². The highest BCUT2D eigenvalue weighted by Crippen LogP contribution is 2.19. The molecule has 1 aliphatic heterocycles. The van der Waals surface area contributed by atoms with Crippen LogP contribution >= 0.6 is 0 Å². The molecule has 0 aromatic heterocycles. The molecule has 138 valence electrons. The van der Waals surface area contributed by atoms with Crippen LogP contribution in [0.25, 0.3) is 0 Å². The Morgan fingerprint density at radius 2 is 2.04 bits per heavy atom. The SMILES string of the molecule is COc1ccccc1CCN(CCC(=O)N1CCCC(C)C1)C(C)=O. The van der Waals surface area contributed by atoms with Gasteiger partial charge in [-0.05, 0) is 36.8 Å². The van der Waals surface area contributed by atoms with Gasteiger partial charge in [0.25, 0.3) is 0 Å². The van der Waals surface area contributed by atoms with E-state index in [4.69, 9.17) is 4.74 Å². The molecule has 0 saturated carbocycles. The number of amides is 2. The summed E-state index contributed by atoms with van der Waals surface area (Å²) >= 11 is 0. The molecule has 0 spiro atoms. The number of piperidine rings is 1. The zero-order chi connectivity index (χ0) is 18.2. The van der Waals surface area contributed by atoms with E-state index in [9.17, 15) is 9.59 Å². The van der Waals surface area contributed by atoms with Gasteiger partial charge in [0.05, 0.1) is 7.11 Å². The number of carbonyl (C=O) groups is 2. The summed E-state index contributed by atoms with van der Waals surface area (Å²) in [5.41, 5.74) is 1.08. The Morgan fingerprint density at radius 3 is 2.72 bits per heavy atom. The number of carbonyl (C=O) groups excluding carboxylic acids is 2. The van der Waals surface area contributed by atoms with Crippen LogP contribution < -0.4 is 4.74 Å². The topological polar surface area (TPSA) is 49.9 Å². The molecule has 0 radical (unpaired) electrons. The summed E-state index contributed by atoms with van der Waals surface area (Å²) in [6.45, 7) is 6.53. The lowest BCUT2D eigenvalue weighted by Gasteiger charge is -2.31. The molecule has 2 rings (SSSR count). The van der Waals surface area contributed by atoms with Crippen molar-refractivity contribution in [3.63, 3.8) is 0 Å². The molecular formula is C20H30N2O3. The van der Waals surface area contributed by atoms with Crippen LogP contribution in [0.2, 0.25) is 0 Å². The van der Waals surface area contributed by atoms with Crippen molar-refractivity contribution < 1.29 is 14.3 Å². The molecule has 0 aliphatic carbocycles. The first-order valence-electron chi connectivity index (χ1n) is 9.16. The minimum absolute atomic E-state index is 0.00899. The van der Waals surface area contributed by atoms with Gasteiger partial charge in [-0.3, -0.25) is 9.59 Å². The maximum atomic E-state index is 12.4. The summed E-state index contributed by atoms with van der Waals surface area (Å²) in [4.78, 5) is 28.1. The average molecular weight is 346 g/mol. The van der Waals surface area contributed by atoms with Gasteiger partial charge in [-0.2, -0.15) is 0 Å². The zero-order valence-electron chi connectivity index (χ0n) is 15.7. The van der Waals surface area contributed by atoms with Gasteiger partial charge in [0.15, 0.2) is 0 Å². The van der Waals surface area contributed by atoms with Gasteiger partial charge in [-0.1, -0.05) is 25.1 Å². The van der Waals surface area contributed by atoms with Gasteiger partial charge in [-0.25, -0.2) is 0 Å². The van der Waals surface area contributed by atoms with Crippen LogP contribution in [-0.4, -0.2) is 54.9 Å². The largest absolute Gasteiger partial charge is 0.496 e. The third-order valence-electron chi connectivity index (χ3n) is 4.89. The van der Waals surface area contributed by atoms with Crippen molar-refractivity contribution in [1.82, 2.24) is 9.80 Å². The van der Waals surface area contributed by atoms with Crippen LogP contribution in [-0.2, 0) is 16.0 Å². The second-order valence-electron chi connectivity index (χ2n) is 6.91. The smallest absolute Gasteiger partial charge is 0.224 e. The molecule has 1 atom stereocenters. The Bertz CT molecular complexity index is 588. The maximum absolute atomic E-state index is 12.4. The van der Waals surface area contributed by atoms with Gasteiger partial charge < -0.3 is 14.5 Å². The summed E-state index contributed by atoms with van der Waals surface area (Å²) < 4.78 is 5.36. The van der Waals surface area contributed by atoms with E-state index in [1.165, 1.54) is 6.42 Å². The zero-order valence-corrected chi connectivity index (χ0v) is 15.7. The minimum atomic E-state index is 0.00899. The van der Waals surface area contributed by atoms with E-state index < -0.39 is 0 Å². The Hall–Kier alpha value is -2.04. The van der Waals surface area contributed by atoms with E-state index in [0.717, 1.165) is 37.2 Å². The van der Waals surface area contributed by atoms with E-state index in [1.807, 2.05) is 29.2 Å². The van der Waals surface area contributed by atoms with Crippen molar-refractivity contribution in [3.8, 4) is 5.75 Å². The predicted octanol–water partition coefficient (Wildman–Crippen LogP) is 2.73. The third kappa shape index (κ3) is 5.76. The quantitative estimate of drug-likeness (QED) is 0.763. The third-order valence-corrected chi connectivity index (χ3v) is 4.89. The molecule has 1 aliphatic rings. The first-order chi connectivity index (χ1) is 12.0. The fourth-order valence-corrected chi connectivity index (χ4v) is 3.40. The van der Waals surface area contributed by atoms with Crippen molar-refractivity contribution >= 4 is 11.8 Å². The summed E-state index contributed by atoms with van der Waals surface area (Å²) in [6.07, 6.45) is 3.40. The second-order valence-corrected chi connectivity index (χ2v) is 6.91. The van der Waals surface area contributed by atoms with E-state index in [-0.39, 0.29) is 11.8 Å². The lowest BCUT2D eigenvalue weighted by atomic mass is 10.00. The summed E-state index contributed by atoms with van der Waals surface area (Å²) in [6, 6.07) is 7.84. The summed E-state index contributed by atoms with van der Waals surface area (Å²) in [7, 11) is 1.65. The number of para-hydroxylation sites is 1. The van der Waals surface area contributed by atoms with Crippen molar-refractivity contribution in [1.29, 1.82) is 0 Å². The fraction of sp³-hybridized carbons (Fsp3) is 0.600. The Morgan fingerprint density at radius 1 is 1.28 bits per heavy atom. The van der Waals surface area contributed by atoms with Crippen LogP contribution in [0.5, 0.6) is 5.75 Å². The van der Waals surface area contributed by atoms with Crippen molar-refractivity contribution in [2.24, 2.45) is 5.92 Å². The number of benzene rings is 1. The molecule has 0 bridgehead atoms. The number of hydrogen-bond acceptors (Lipinski definition) is 3. The highest BCUT2D eigenvalue weighted by atomic mass is 16.5. The highest BCUT2D eigenvalue weighted by Gasteiger charge is 2.21. The Balaban J connectivity index is 1.86. The highest BCUT2D eigenvalue weighted by molar-refractivity contribution is 5.78. The van der Waals surface area contributed by atoms with Gasteiger partial charge in [0.1, 0.15) is 5.75 Å². The molecule has 0 N–H and O–H groups in total. The molecule has 5 heteroatoms. The lowest BCUT2D eigenvalue weighted by Crippen LogP contribution is -2.41. The van der Waals surface area contributed by atoms with Gasteiger partial charge in [0.2, 0.25) is 11.8 Å². The number of likely N-dealkylation sites (tertiary alicyclic amines) is 1. The Kier molecular flexibility index (Phi) is 7.29. The maximum Gasteiger partial charge on any atom is 0.224 e. The summed E-state index contributed by atoms with van der Waals surface area (Å²) in [5, 5.41) is 0. The number of ether oxygens (including phenoxy) is 1. The van der Waals surface area contributed by atoms with Crippen LogP contribution in [0.1, 0.15) is 38.7 Å². The van der Waals surface area contributed by atoms with Gasteiger partial charge in [0, 0.05) is 39.5 Å². The molecule has 1 aromatic rings. The standard InChI is InChI=1S/C20H30N2O3/c1-16-7-6-12-22(15-16)20(24)11-14-21(17(2)23)13-10-18-8-4-5-9-19(18)25-3/h4-5,8-9,16H,6-7,10-15H2,1-3H3. The summed E-state index contributed by atoms with van der Waals surface area (Å²) in [5.74, 6) is 1.58. The van der Waals surface area contributed by atoms with E-state index >= 15 is 0 Å². The molecule has 1 fully saturated rings. The van der Waals surface area contributed by atoms with Gasteiger partial charge >= 0.3 is 0 Å². The Labute approximate surface area is 150 Å². The van der Waals surface area contributed by atoms with Crippen molar-refractivity contribution in [3.05, 3.63) is 29.8 Å². The first kappa shape index (κ1) is 19.3. The van der Waals surface area contributed by atoms with Crippen LogP contribution in [0.3, 0.4) is 0 Å². The number of nitrogens with zero attached hydrogens (tertiary/aromatic N) is 2. The second kappa shape index (κ2) is 9.44. The predicted molar refractivity (Wildman–Crippen MR) is 98.5 cm³/mol. The monoisotopic (exact) mass is 346 g/mol. The average Bonchev–Trinajstić information content (AvgIpc) is 2.61. The molecule has 1 heterocycles. The van der Waals surface area contributed by atoms with E-state index in [0.29, 0.717) is 25.4 Å². The van der Waals surface area contributed by atoms with E-state index in [1.54, 1.807) is 18.9 Å². The number of rotatable bonds is 7.